The van der Waals surface area contributed by atoms with E-state index in [0.29, 0.717) is 22.0 Å². The highest BCUT2D eigenvalue weighted by atomic mass is 32.1. The van der Waals surface area contributed by atoms with Crippen LogP contribution in [0.5, 0.6) is 0 Å². The summed E-state index contributed by atoms with van der Waals surface area (Å²) in [6.45, 7) is 1.89. The van der Waals surface area contributed by atoms with Gasteiger partial charge in [0.2, 0.25) is 0 Å². The SMILES string of the molecule is CCc1nc(-c2ccccn2)sc1C(=O)O. The van der Waals surface area contributed by atoms with Gasteiger partial charge in [0.1, 0.15) is 9.88 Å². The van der Waals surface area contributed by atoms with Gasteiger partial charge in [0, 0.05) is 6.20 Å². The van der Waals surface area contributed by atoms with Gasteiger partial charge in [-0.3, -0.25) is 4.98 Å². The zero-order valence-electron chi connectivity index (χ0n) is 8.67. The number of carboxylic acids is 1. The van der Waals surface area contributed by atoms with Crippen LogP contribution in [-0.2, 0) is 6.42 Å². The van der Waals surface area contributed by atoms with Crippen LogP contribution in [0.15, 0.2) is 24.4 Å². The van der Waals surface area contributed by atoms with E-state index in [1.807, 2.05) is 25.1 Å². The van der Waals surface area contributed by atoms with Crippen molar-refractivity contribution >= 4 is 17.3 Å². The minimum absolute atomic E-state index is 0.308. The van der Waals surface area contributed by atoms with Gasteiger partial charge in [0.15, 0.2) is 0 Å². The van der Waals surface area contributed by atoms with Crippen molar-refractivity contribution in [3.63, 3.8) is 0 Å². The summed E-state index contributed by atoms with van der Waals surface area (Å²) in [5, 5.41) is 9.67. The highest BCUT2D eigenvalue weighted by Gasteiger charge is 2.16. The van der Waals surface area contributed by atoms with Crippen LogP contribution >= 0.6 is 11.3 Å². The molecule has 1 N–H and O–H groups in total. The van der Waals surface area contributed by atoms with Gasteiger partial charge in [0.05, 0.1) is 11.4 Å². The predicted octanol–water partition coefficient (Wildman–Crippen LogP) is 2.47. The fourth-order valence-electron chi connectivity index (χ4n) is 1.36. The van der Waals surface area contributed by atoms with Crippen LogP contribution < -0.4 is 0 Å². The fraction of sp³-hybridized carbons (Fsp3) is 0.182. The summed E-state index contributed by atoms with van der Waals surface area (Å²) in [4.78, 5) is 19.7. The van der Waals surface area contributed by atoms with E-state index in [9.17, 15) is 4.79 Å². The molecule has 2 aromatic heterocycles. The Balaban J connectivity index is 2.48. The number of hydrogen-bond donors (Lipinski definition) is 1. The molecule has 0 unspecified atom stereocenters. The molecule has 0 saturated heterocycles. The molecule has 2 aromatic rings. The number of carboxylic acid groups (broad SMARTS) is 1. The van der Waals surface area contributed by atoms with Crippen LogP contribution in [0.25, 0.3) is 10.7 Å². The molecule has 0 amide bonds. The Kier molecular flexibility index (Phi) is 2.96. The first-order valence-electron chi connectivity index (χ1n) is 4.86. The maximum absolute atomic E-state index is 11.0. The molecule has 0 bridgehead atoms. The number of rotatable bonds is 3. The van der Waals surface area contributed by atoms with Gasteiger partial charge in [-0.05, 0) is 18.6 Å². The average Bonchev–Trinajstić information content (AvgIpc) is 2.74. The Hall–Kier alpha value is -1.75. The first-order chi connectivity index (χ1) is 7.72. The second-order valence-corrected chi connectivity index (χ2v) is 4.17. The lowest BCUT2D eigenvalue weighted by molar-refractivity contribution is 0.0701. The summed E-state index contributed by atoms with van der Waals surface area (Å²) in [7, 11) is 0. The van der Waals surface area contributed by atoms with Crippen LogP contribution in [0.1, 0.15) is 22.3 Å². The van der Waals surface area contributed by atoms with E-state index in [4.69, 9.17) is 5.11 Å². The average molecular weight is 234 g/mol. The Bertz CT molecular complexity index is 508. The van der Waals surface area contributed by atoms with Crippen LogP contribution in [0.3, 0.4) is 0 Å². The Morgan fingerprint density at radius 2 is 2.31 bits per heavy atom. The molecule has 2 rings (SSSR count). The third-order valence-electron chi connectivity index (χ3n) is 2.11. The van der Waals surface area contributed by atoms with Gasteiger partial charge in [0.25, 0.3) is 0 Å². The largest absolute Gasteiger partial charge is 0.477 e. The first-order valence-corrected chi connectivity index (χ1v) is 5.68. The van der Waals surface area contributed by atoms with Crippen LogP contribution in [-0.4, -0.2) is 21.0 Å². The van der Waals surface area contributed by atoms with Crippen molar-refractivity contribution in [3.8, 4) is 10.7 Å². The number of carbonyl (C=O) groups is 1. The summed E-state index contributed by atoms with van der Waals surface area (Å²) < 4.78 is 0. The van der Waals surface area contributed by atoms with E-state index in [-0.39, 0.29) is 0 Å². The van der Waals surface area contributed by atoms with Crippen molar-refractivity contribution in [1.82, 2.24) is 9.97 Å². The number of aryl methyl sites for hydroxylation is 1. The van der Waals surface area contributed by atoms with Crippen LogP contribution in [0.4, 0.5) is 0 Å². The molecule has 4 nitrogen and oxygen atoms in total. The third-order valence-corrected chi connectivity index (χ3v) is 3.22. The van der Waals surface area contributed by atoms with Crippen LogP contribution in [0.2, 0.25) is 0 Å². The summed E-state index contributed by atoms with van der Waals surface area (Å²) in [5.74, 6) is -0.920. The summed E-state index contributed by atoms with van der Waals surface area (Å²) in [6, 6.07) is 5.50. The topological polar surface area (TPSA) is 63.1 Å². The van der Waals surface area contributed by atoms with E-state index in [0.717, 1.165) is 5.69 Å². The molecule has 0 aliphatic rings. The van der Waals surface area contributed by atoms with E-state index >= 15 is 0 Å². The molecule has 16 heavy (non-hydrogen) atoms. The number of hydrogen-bond acceptors (Lipinski definition) is 4. The Morgan fingerprint density at radius 3 is 2.81 bits per heavy atom. The predicted molar refractivity (Wildman–Crippen MR) is 61.7 cm³/mol. The summed E-state index contributed by atoms with van der Waals surface area (Å²) >= 11 is 1.17. The smallest absolute Gasteiger partial charge is 0.347 e. The van der Waals surface area contributed by atoms with E-state index in [1.165, 1.54) is 11.3 Å². The number of nitrogens with zero attached hydrogens (tertiary/aromatic N) is 2. The quantitative estimate of drug-likeness (QED) is 0.886. The van der Waals surface area contributed by atoms with Crippen molar-refractivity contribution in [2.45, 2.75) is 13.3 Å². The molecule has 0 fully saturated rings. The van der Waals surface area contributed by atoms with Gasteiger partial charge in [-0.1, -0.05) is 13.0 Å². The minimum Gasteiger partial charge on any atom is -0.477 e. The van der Waals surface area contributed by atoms with Gasteiger partial charge >= 0.3 is 5.97 Å². The zero-order valence-corrected chi connectivity index (χ0v) is 9.49. The van der Waals surface area contributed by atoms with E-state index < -0.39 is 5.97 Å². The number of aromatic carboxylic acids is 1. The van der Waals surface area contributed by atoms with Crippen molar-refractivity contribution < 1.29 is 9.90 Å². The molecule has 0 radical (unpaired) electrons. The molecule has 0 spiro atoms. The molecular formula is C11H10N2O2S. The highest BCUT2D eigenvalue weighted by Crippen LogP contribution is 2.26. The molecule has 0 aliphatic carbocycles. The molecule has 0 aromatic carbocycles. The fourth-order valence-corrected chi connectivity index (χ4v) is 2.33. The summed E-state index contributed by atoms with van der Waals surface area (Å²) in [6.07, 6.45) is 2.29. The van der Waals surface area contributed by atoms with Gasteiger partial charge in [-0.15, -0.1) is 11.3 Å². The molecule has 2 heterocycles. The summed E-state index contributed by atoms with van der Waals surface area (Å²) in [5.41, 5.74) is 1.34. The number of thiazole rings is 1. The van der Waals surface area contributed by atoms with E-state index in [2.05, 4.69) is 9.97 Å². The molecule has 0 atom stereocenters. The second-order valence-electron chi connectivity index (χ2n) is 3.17. The van der Waals surface area contributed by atoms with Crippen molar-refractivity contribution in [2.24, 2.45) is 0 Å². The standard InChI is InChI=1S/C11H10N2O2S/c1-2-7-9(11(14)15)16-10(13-7)8-5-3-4-6-12-8/h3-6H,2H2,1H3,(H,14,15). The molecular weight excluding hydrogens is 224 g/mol. The highest BCUT2D eigenvalue weighted by molar-refractivity contribution is 7.17. The van der Waals surface area contributed by atoms with Gasteiger partial charge < -0.3 is 5.11 Å². The lowest BCUT2D eigenvalue weighted by Gasteiger charge is -1.91. The monoisotopic (exact) mass is 234 g/mol. The van der Waals surface area contributed by atoms with Crippen molar-refractivity contribution in [3.05, 3.63) is 35.0 Å². The van der Waals surface area contributed by atoms with Gasteiger partial charge in [-0.2, -0.15) is 0 Å². The minimum atomic E-state index is -0.920. The lowest BCUT2D eigenvalue weighted by atomic mass is 10.3. The maximum atomic E-state index is 11.0. The Morgan fingerprint density at radius 1 is 1.50 bits per heavy atom. The van der Waals surface area contributed by atoms with Crippen LogP contribution in [0, 0.1) is 0 Å². The van der Waals surface area contributed by atoms with E-state index in [1.54, 1.807) is 6.20 Å². The molecule has 82 valence electrons. The molecule has 5 heteroatoms. The zero-order chi connectivity index (χ0) is 11.5. The third kappa shape index (κ3) is 1.94. The number of pyridine rings is 1. The molecule has 0 aliphatic heterocycles. The first kappa shape index (κ1) is 10.8. The Labute approximate surface area is 96.6 Å². The maximum Gasteiger partial charge on any atom is 0.347 e. The second kappa shape index (κ2) is 4.40. The van der Waals surface area contributed by atoms with Crippen molar-refractivity contribution in [1.29, 1.82) is 0 Å². The lowest BCUT2D eigenvalue weighted by Crippen LogP contribution is -1.97. The molecule has 0 saturated carbocycles. The van der Waals surface area contributed by atoms with Crippen molar-refractivity contribution in [2.75, 3.05) is 0 Å². The normalized spacial score (nSPS) is 10.3. The van der Waals surface area contributed by atoms with Gasteiger partial charge in [-0.25, -0.2) is 9.78 Å². The number of aromatic nitrogens is 2.